The van der Waals surface area contributed by atoms with Gasteiger partial charge < -0.3 is 5.73 Å². The molecule has 1 aromatic rings. The van der Waals surface area contributed by atoms with E-state index in [0.717, 1.165) is 12.2 Å². The summed E-state index contributed by atoms with van der Waals surface area (Å²) in [6.07, 6.45) is 9.16. The highest BCUT2D eigenvalue weighted by Crippen LogP contribution is 2.22. The summed E-state index contributed by atoms with van der Waals surface area (Å²) in [5.74, 6) is 1.13. The first-order valence-corrected chi connectivity index (χ1v) is 8.74. The summed E-state index contributed by atoms with van der Waals surface area (Å²) < 4.78 is 0. The molecule has 19 heavy (non-hydrogen) atoms. The molecule has 0 aliphatic heterocycles. The smallest absolute Gasteiger partial charge is 0.0294 e. The number of hydrogen-bond acceptors (Lipinski definition) is 2. The predicted molar refractivity (Wildman–Crippen MR) is 87.8 cm³/mol. The highest BCUT2D eigenvalue weighted by atomic mass is 32.2. The molecule has 0 saturated carbocycles. The molecule has 0 fully saturated rings. The Bertz CT molecular complexity index is 321. The summed E-state index contributed by atoms with van der Waals surface area (Å²) in [5, 5.41) is 0. The van der Waals surface area contributed by atoms with E-state index >= 15 is 0 Å². The van der Waals surface area contributed by atoms with Gasteiger partial charge in [-0.15, -0.1) is 11.8 Å². The van der Waals surface area contributed by atoms with Gasteiger partial charge in [0.05, 0.1) is 0 Å². The lowest BCUT2D eigenvalue weighted by Crippen LogP contribution is -2.09. The minimum Gasteiger partial charge on any atom is -0.324 e. The molecule has 1 unspecified atom stereocenters. The van der Waals surface area contributed by atoms with Crippen LogP contribution < -0.4 is 5.73 Å². The van der Waals surface area contributed by atoms with Crippen LogP contribution in [-0.2, 0) is 0 Å². The summed E-state index contributed by atoms with van der Waals surface area (Å²) in [6.45, 7) is 4.44. The lowest BCUT2D eigenvalue weighted by molar-refractivity contribution is 0.547. The number of thioether (sulfide) groups is 1. The third-order valence-electron chi connectivity index (χ3n) is 3.49. The third kappa shape index (κ3) is 7.03. The van der Waals surface area contributed by atoms with Crippen molar-refractivity contribution in [3.8, 4) is 0 Å². The van der Waals surface area contributed by atoms with Gasteiger partial charge in [-0.05, 0) is 29.9 Å². The van der Waals surface area contributed by atoms with Crippen LogP contribution in [0.3, 0.4) is 0 Å². The van der Waals surface area contributed by atoms with Gasteiger partial charge in [0.2, 0.25) is 0 Å². The van der Waals surface area contributed by atoms with Crippen molar-refractivity contribution >= 4 is 11.8 Å². The summed E-state index contributed by atoms with van der Waals surface area (Å²) in [4.78, 5) is 1.35. The number of nitrogens with two attached hydrogens (primary N) is 1. The van der Waals surface area contributed by atoms with E-state index in [1.54, 1.807) is 0 Å². The van der Waals surface area contributed by atoms with Crippen LogP contribution in [0.15, 0.2) is 29.2 Å². The van der Waals surface area contributed by atoms with Crippen molar-refractivity contribution in [1.82, 2.24) is 0 Å². The molecular formula is C17H29NS. The standard InChI is InChI=1S/C17H29NS/c1-3-5-6-7-8-9-10-17(18)15-11-13-16(14-12-15)19-4-2/h11-14,17H,3-10,18H2,1-2H3. The van der Waals surface area contributed by atoms with Gasteiger partial charge in [-0.1, -0.05) is 64.5 Å². The van der Waals surface area contributed by atoms with Gasteiger partial charge in [0.15, 0.2) is 0 Å². The summed E-state index contributed by atoms with van der Waals surface area (Å²) in [6, 6.07) is 9.00. The van der Waals surface area contributed by atoms with Crippen LogP contribution in [0.5, 0.6) is 0 Å². The fraction of sp³-hybridized carbons (Fsp3) is 0.647. The highest BCUT2D eigenvalue weighted by Gasteiger charge is 2.05. The second kappa shape index (κ2) is 10.3. The van der Waals surface area contributed by atoms with Gasteiger partial charge in [0.25, 0.3) is 0 Å². The van der Waals surface area contributed by atoms with Crippen molar-refractivity contribution in [2.24, 2.45) is 5.73 Å². The Labute approximate surface area is 123 Å². The average molecular weight is 279 g/mol. The first-order chi connectivity index (χ1) is 9.27. The van der Waals surface area contributed by atoms with Crippen molar-refractivity contribution < 1.29 is 0 Å². The summed E-state index contributed by atoms with van der Waals surface area (Å²) in [7, 11) is 0. The maximum atomic E-state index is 6.25. The van der Waals surface area contributed by atoms with Gasteiger partial charge >= 0.3 is 0 Å². The molecule has 0 aliphatic rings. The Hall–Kier alpha value is -0.470. The average Bonchev–Trinajstić information content (AvgIpc) is 2.43. The first kappa shape index (κ1) is 16.6. The Morgan fingerprint density at radius 2 is 1.58 bits per heavy atom. The fourth-order valence-electron chi connectivity index (χ4n) is 2.29. The quantitative estimate of drug-likeness (QED) is 0.449. The Morgan fingerprint density at radius 3 is 2.21 bits per heavy atom. The van der Waals surface area contributed by atoms with E-state index in [-0.39, 0.29) is 6.04 Å². The lowest BCUT2D eigenvalue weighted by atomic mass is 10.0. The first-order valence-electron chi connectivity index (χ1n) is 7.76. The van der Waals surface area contributed by atoms with E-state index in [9.17, 15) is 0 Å². The van der Waals surface area contributed by atoms with E-state index in [0.29, 0.717) is 0 Å². The third-order valence-corrected chi connectivity index (χ3v) is 4.38. The van der Waals surface area contributed by atoms with Gasteiger partial charge in [-0.3, -0.25) is 0 Å². The molecule has 2 heteroatoms. The maximum absolute atomic E-state index is 6.25. The van der Waals surface area contributed by atoms with Crippen LogP contribution in [0.2, 0.25) is 0 Å². The molecule has 2 N–H and O–H groups in total. The molecule has 0 saturated heterocycles. The molecule has 108 valence electrons. The largest absolute Gasteiger partial charge is 0.324 e. The van der Waals surface area contributed by atoms with Crippen molar-refractivity contribution in [1.29, 1.82) is 0 Å². The van der Waals surface area contributed by atoms with Gasteiger partial charge in [-0.25, -0.2) is 0 Å². The lowest BCUT2D eigenvalue weighted by Gasteiger charge is -2.12. The van der Waals surface area contributed by atoms with Crippen LogP contribution in [-0.4, -0.2) is 5.75 Å². The van der Waals surface area contributed by atoms with E-state index in [1.165, 1.54) is 49.0 Å². The molecule has 1 aromatic carbocycles. The number of unbranched alkanes of at least 4 members (excludes halogenated alkanes) is 5. The molecule has 0 amide bonds. The van der Waals surface area contributed by atoms with Crippen molar-refractivity contribution in [2.45, 2.75) is 69.7 Å². The molecule has 1 rings (SSSR count). The predicted octanol–water partition coefficient (Wildman–Crippen LogP) is 5.55. The zero-order valence-corrected chi connectivity index (χ0v) is 13.3. The fourth-order valence-corrected chi connectivity index (χ4v) is 2.95. The molecular weight excluding hydrogens is 250 g/mol. The van der Waals surface area contributed by atoms with E-state index in [1.807, 2.05) is 11.8 Å². The monoisotopic (exact) mass is 279 g/mol. The Morgan fingerprint density at radius 1 is 0.947 bits per heavy atom. The van der Waals surface area contributed by atoms with E-state index in [2.05, 4.69) is 38.1 Å². The zero-order valence-electron chi connectivity index (χ0n) is 12.5. The van der Waals surface area contributed by atoms with Crippen LogP contribution >= 0.6 is 11.8 Å². The van der Waals surface area contributed by atoms with Gasteiger partial charge in [-0.2, -0.15) is 0 Å². The highest BCUT2D eigenvalue weighted by molar-refractivity contribution is 7.99. The molecule has 1 atom stereocenters. The molecule has 0 bridgehead atoms. The Kier molecular flexibility index (Phi) is 9.02. The second-order valence-corrected chi connectivity index (χ2v) is 6.50. The van der Waals surface area contributed by atoms with Crippen molar-refractivity contribution in [3.05, 3.63) is 29.8 Å². The summed E-state index contributed by atoms with van der Waals surface area (Å²) >= 11 is 1.88. The molecule has 0 heterocycles. The SMILES string of the molecule is CCCCCCCCC(N)c1ccc(SCC)cc1. The summed E-state index contributed by atoms with van der Waals surface area (Å²) in [5.41, 5.74) is 7.54. The molecule has 0 spiro atoms. The number of rotatable bonds is 10. The normalized spacial score (nSPS) is 12.6. The molecule has 0 radical (unpaired) electrons. The van der Waals surface area contributed by atoms with Crippen LogP contribution in [0.4, 0.5) is 0 Å². The van der Waals surface area contributed by atoms with Crippen LogP contribution in [0.25, 0.3) is 0 Å². The van der Waals surface area contributed by atoms with Gasteiger partial charge in [0.1, 0.15) is 0 Å². The zero-order chi connectivity index (χ0) is 13.9. The topological polar surface area (TPSA) is 26.0 Å². The number of hydrogen-bond donors (Lipinski definition) is 1. The molecule has 0 aliphatic carbocycles. The minimum atomic E-state index is 0.215. The second-order valence-electron chi connectivity index (χ2n) is 5.16. The molecule has 0 aromatic heterocycles. The van der Waals surface area contributed by atoms with Crippen LogP contribution in [0, 0.1) is 0 Å². The van der Waals surface area contributed by atoms with E-state index in [4.69, 9.17) is 5.73 Å². The van der Waals surface area contributed by atoms with Gasteiger partial charge in [0, 0.05) is 10.9 Å². The molecule has 1 nitrogen and oxygen atoms in total. The minimum absolute atomic E-state index is 0.215. The van der Waals surface area contributed by atoms with Crippen molar-refractivity contribution in [2.75, 3.05) is 5.75 Å². The Balaban J connectivity index is 2.23. The maximum Gasteiger partial charge on any atom is 0.0294 e. The van der Waals surface area contributed by atoms with Crippen molar-refractivity contribution in [3.63, 3.8) is 0 Å². The van der Waals surface area contributed by atoms with Crippen LogP contribution in [0.1, 0.15) is 70.4 Å². The number of benzene rings is 1. The van der Waals surface area contributed by atoms with E-state index < -0.39 is 0 Å².